The van der Waals surface area contributed by atoms with Gasteiger partial charge in [0.15, 0.2) is 0 Å². The molecule has 0 unspecified atom stereocenters. The number of carbonyl (C=O) groups excluding carboxylic acids is 3. The smallest absolute Gasteiger partial charge is 0.316 e. The van der Waals surface area contributed by atoms with Crippen LogP contribution in [0.3, 0.4) is 0 Å². The molecule has 3 fully saturated rings. The lowest BCUT2D eigenvalue weighted by molar-refractivity contribution is -0.205. The fraction of sp³-hybridized carbons (Fsp3) is 0.839. The van der Waals surface area contributed by atoms with Crippen molar-refractivity contribution in [2.24, 2.45) is 45.7 Å². The van der Waals surface area contributed by atoms with Crippen LogP contribution >= 0.6 is 11.8 Å². The van der Waals surface area contributed by atoms with Gasteiger partial charge in [-0.3, -0.25) is 14.4 Å². The first-order chi connectivity index (χ1) is 17.9. The van der Waals surface area contributed by atoms with Gasteiger partial charge in [0.2, 0.25) is 5.91 Å². The highest BCUT2D eigenvalue weighted by molar-refractivity contribution is 8.01. The molecule has 39 heavy (non-hydrogen) atoms. The molecule has 0 heterocycles. The van der Waals surface area contributed by atoms with Crippen LogP contribution in [-0.2, 0) is 19.1 Å². The maximum absolute atomic E-state index is 13.5. The second-order valence-electron chi connectivity index (χ2n) is 14.1. The number of thioether (sulfide) groups is 1. The van der Waals surface area contributed by atoms with Gasteiger partial charge in [-0.1, -0.05) is 47.6 Å². The molecule has 4 N–H and O–H groups in total. The molecule has 0 radical (unpaired) electrons. The average Bonchev–Trinajstić information content (AvgIpc) is 3.24. The lowest BCUT2D eigenvalue weighted by Gasteiger charge is -2.61. The number of aliphatic hydroxyl groups is 1. The molecule has 3 aliphatic carbocycles. The number of amides is 1. The van der Waals surface area contributed by atoms with Crippen LogP contribution in [0.15, 0.2) is 12.7 Å². The van der Waals surface area contributed by atoms with Crippen LogP contribution in [0.2, 0.25) is 0 Å². The van der Waals surface area contributed by atoms with Gasteiger partial charge in [-0.2, -0.15) is 0 Å². The lowest BCUT2D eigenvalue weighted by Crippen LogP contribution is -2.63. The summed E-state index contributed by atoms with van der Waals surface area (Å²) in [7, 11) is 0. The number of nitrogens with two attached hydrogens (primary N) is 1. The number of aliphatic hydroxyl groups excluding tert-OH is 1. The van der Waals surface area contributed by atoms with Gasteiger partial charge in [0.05, 0.1) is 17.9 Å². The number of ketones is 1. The number of hydrogen-bond donors (Lipinski definition) is 3. The number of esters is 1. The van der Waals surface area contributed by atoms with Crippen LogP contribution in [0.5, 0.6) is 0 Å². The molecule has 0 aromatic carbocycles. The Balaban J connectivity index is 1.82. The summed E-state index contributed by atoms with van der Waals surface area (Å²) in [6.07, 6.45) is 4.17. The molecule has 1 amide bonds. The molecule has 2 bridgehead atoms. The standard InChI is InChI=1S/C31H52N2O5S/c1-10-29(8)15-22(38-23(35)16-39-28(6,7)17-33-27(37)24(32)18(2)3)30(9)19(4)11-13-31(20(5)26(29)36)14-12-21(34)25(30)31/h10,18-20,22,24-26,36H,1,11-17,32H2,2-9H3,(H,33,37)/t19-,20-,22+,24+,25-,26-,29+,30+,31+/m0/s1. The molecule has 3 saturated carbocycles. The molecule has 0 aromatic heterocycles. The Labute approximate surface area is 239 Å². The van der Waals surface area contributed by atoms with E-state index in [1.807, 2.05) is 40.7 Å². The second kappa shape index (κ2) is 11.5. The van der Waals surface area contributed by atoms with Crippen LogP contribution in [0.25, 0.3) is 0 Å². The zero-order chi connectivity index (χ0) is 29.6. The number of hydrogen-bond acceptors (Lipinski definition) is 7. The van der Waals surface area contributed by atoms with Crippen molar-refractivity contribution in [1.29, 1.82) is 0 Å². The van der Waals surface area contributed by atoms with E-state index in [1.165, 1.54) is 11.8 Å². The molecule has 7 nitrogen and oxygen atoms in total. The lowest BCUT2D eigenvalue weighted by atomic mass is 9.44. The molecule has 222 valence electrons. The maximum Gasteiger partial charge on any atom is 0.316 e. The first-order valence-corrected chi connectivity index (χ1v) is 15.6. The first kappa shape index (κ1) is 32.1. The molecule has 0 aliphatic heterocycles. The molecule has 0 saturated heterocycles. The van der Waals surface area contributed by atoms with E-state index in [0.29, 0.717) is 19.4 Å². The Kier molecular flexibility index (Phi) is 9.46. The molecule has 3 rings (SSSR count). The van der Waals surface area contributed by atoms with Crippen molar-refractivity contribution in [3.05, 3.63) is 12.7 Å². The van der Waals surface area contributed by atoms with Crippen molar-refractivity contribution in [3.8, 4) is 0 Å². The van der Waals surface area contributed by atoms with Crippen molar-refractivity contribution in [2.45, 2.75) is 110 Å². The Morgan fingerprint density at radius 2 is 1.92 bits per heavy atom. The molecule has 0 spiro atoms. The Morgan fingerprint density at radius 3 is 2.51 bits per heavy atom. The average molecular weight is 565 g/mol. The van der Waals surface area contributed by atoms with Crippen LogP contribution in [-0.4, -0.2) is 58.1 Å². The van der Waals surface area contributed by atoms with Crippen LogP contribution in [0.1, 0.15) is 87.5 Å². The minimum absolute atomic E-state index is 0.0382. The monoisotopic (exact) mass is 564 g/mol. The second-order valence-corrected chi connectivity index (χ2v) is 15.8. The summed E-state index contributed by atoms with van der Waals surface area (Å²) in [5.74, 6) is -0.243. The van der Waals surface area contributed by atoms with E-state index in [2.05, 4.69) is 32.7 Å². The van der Waals surface area contributed by atoms with Gasteiger partial charge in [-0.15, -0.1) is 18.3 Å². The fourth-order valence-corrected chi connectivity index (χ4v) is 8.47. The van der Waals surface area contributed by atoms with E-state index in [4.69, 9.17) is 10.5 Å². The quantitative estimate of drug-likeness (QED) is 0.279. The number of nitrogens with one attached hydrogen (secondary N) is 1. The van der Waals surface area contributed by atoms with E-state index < -0.39 is 33.8 Å². The van der Waals surface area contributed by atoms with Gasteiger partial charge in [-0.05, 0) is 62.7 Å². The number of Topliss-reactive ketones (excluding diaryl/α,β-unsaturated/α-hetero) is 1. The van der Waals surface area contributed by atoms with Crippen molar-refractivity contribution in [1.82, 2.24) is 5.32 Å². The molecular weight excluding hydrogens is 512 g/mol. The summed E-state index contributed by atoms with van der Waals surface area (Å²) in [6, 6.07) is -0.573. The number of ether oxygens (including phenoxy) is 1. The van der Waals surface area contributed by atoms with E-state index in [-0.39, 0.29) is 52.5 Å². The first-order valence-electron chi connectivity index (χ1n) is 14.7. The van der Waals surface area contributed by atoms with Crippen molar-refractivity contribution < 1.29 is 24.2 Å². The molecule has 8 heteroatoms. The third-order valence-corrected chi connectivity index (χ3v) is 12.2. The van der Waals surface area contributed by atoms with Crippen LogP contribution in [0.4, 0.5) is 0 Å². The van der Waals surface area contributed by atoms with E-state index in [0.717, 1.165) is 19.3 Å². The zero-order valence-corrected chi connectivity index (χ0v) is 26.2. The number of carbonyl (C=O) groups is 3. The highest BCUT2D eigenvalue weighted by atomic mass is 32.2. The van der Waals surface area contributed by atoms with Gasteiger partial charge < -0.3 is 20.9 Å². The molecule has 0 aromatic rings. The Hall–Kier alpha value is -1.38. The maximum atomic E-state index is 13.5. The summed E-state index contributed by atoms with van der Waals surface area (Å²) in [5, 5.41) is 14.6. The molecule has 9 atom stereocenters. The summed E-state index contributed by atoms with van der Waals surface area (Å²) in [6.45, 7) is 20.7. The SMILES string of the molecule is C=C[C@]1(C)C[C@@H](OC(=O)CSC(C)(C)CNC(=O)[C@H](N)C(C)C)[C@]2(C)[C@@H]3C(=O)CC[C@]3(CC[C@@H]2C)[C@@H](C)[C@@H]1O. The zero-order valence-electron chi connectivity index (χ0n) is 25.3. The highest BCUT2D eigenvalue weighted by Crippen LogP contribution is 2.68. The van der Waals surface area contributed by atoms with Gasteiger partial charge >= 0.3 is 5.97 Å². The van der Waals surface area contributed by atoms with Crippen LogP contribution in [0, 0.1) is 39.9 Å². The largest absolute Gasteiger partial charge is 0.461 e. The summed E-state index contributed by atoms with van der Waals surface area (Å²) in [4.78, 5) is 39.2. The van der Waals surface area contributed by atoms with E-state index in [1.54, 1.807) is 0 Å². The summed E-state index contributed by atoms with van der Waals surface area (Å²) < 4.78 is 5.92. The van der Waals surface area contributed by atoms with E-state index >= 15 is 0 Å². The minimum atomic E-state index is -0.684. The van der Waals surface area contributed by atoms with Crippen molar-refractivity contribution in [2.75, 3.05) is 12.3 Å². The van der Waals surface area contributed by atoms with Gasteiger partial charge in [0.1, 0.15) is 11.9 Å². The topological polar surface area (TPSA) is 119 Å². The Bertz CT molecular complexity index is 969. The van der Waals surface area contributed by atoms with Gasteiger partial charge in [0.25, 0.3) is 0 Å². The fourth-order valence-electron chi connectivity index (χ4n) is 7.72. The third kappa shape index (κ3) is 5.85. The predicted octanol–water partition coefficient (Wildman–Crippen LogP) is 4.50. The molecule has 3 aliphatic rings. The van der Waals surface area contributed by atoms with Crippen molar-refractivity contribution in [3.63, 3.8) is 0 Å². The summed E-state index contributed by atoms with van der Waals surface area (Å²) >= 11 is 1.43. The van der Waals surface area contributed by atoms with Gasteiger partial charge in [0, 0.05) is 34.5 Å². The highest BCUT2D eigenvalue weighted by Gasteiger charge is 2.68. The van der Waals surface area contributed by atoms with E-state index in [9.17, 15) is 19.5 Å². The summed E-state index contributed by atoms with van der Waals surface area (Å²) in [5.41, 5.74) is 4.49. The van der Waals surface area contributed by atoms with Crippen LogP contribution < -0.4 is 11.1 Å². The normalized spacial score (nSPS) is 39.4. The Morgan fingerprint density at radius 1 is 1.28 bits per heavy atom. The molecular formula is C31H52N2O5S. The minimum Gasteiger partial charge on any atom is -0.461 e. The van der Waals surface area contributed by atoms with Gasteiger partial charge in [-0.25, -0.2) is 0 Å². The third-order valence-electron chi connectivity index (χ3n) is 10.9. The predicted molar refractivity (Wildman–Crippen MR) is 157 cm³/mol. The van der Waals surface area contributed by atoms with Crippen molar-refractivity contribution >= 4 is 29.4 Å². The number of rotatable bonds is 9.